The molecule has 0 aliphatic carbocycles. The smallest absolute Gasteiger partial charge is 0.269 e. The second-order valence-electron chi connectivity index (χ2n) is 7.03. The summed E-state index contributed by atoms with van der Waals surface area (Å²) < 4.78 is 32.8. The van der Waals surface area contributed by atoms with Gasteiger partial charge in [0.2, 0.25) is 10.0 Å². The lowest BCUT2D eigenvalue weighted by atomic mass is 10.2. The van der Waals surface area contributed by atoms with Crippen molar-refractivity contribution in [2.45, 2.75) is 11.4 Å². The van der Waals surface area contributed by atoms with E-state index in [-0.39, 0.29) is 22.8 Å². The molecule has 0 aromatic heterocycles. The highest BCUT2D eigenvalue weighted by Gasteiger charge is 2.26. The molecule has 0 aliphatic rings. The van der Waals surface area contributed by atoms with Crippen molar-refractivity contribution in [2.24, 2.45) is 0 Å². The summed E-state index contributed by atoms with van der Waals surface area (Å²) in [5.41, 5.74) is 5.69. The first-order valence-electron chi connectivity index (χ1n) is 9.77. The van der Waals surface area contributed by atoms with Gasteiger partial charge < -0.3 is 4.74 Å². The fourth-order valence-corrected chi connectivity index (χ4v) is 4.43. The van der Waals surface area contributed by atoms with Gasteiger partial charge in [0.1, 0.15) is 10.6 Å². The highest BCUT2D eigenvalue weighted by atomic mass is 35.5. The van der Waals surface area contributed by atoms with E-state index in [4.69, 9.17) is 16.3 Å². The Morgan fingerprint density at radius 2 is 1.48 bits per heavy atom. The third kappa shape index (κ3) is 5.89. The largest absolute Gasteiger partial charge is 0.495 e. The summed E-state index contributed by atoms with van der Waals surface area (Å²) in [5, 5.41) is 0.472. The Morgan fingerprint density at radius 3 is 2.09 bits per heavy atom. The summed E-state index contributed by atoms with van der Waals surface area (Å²) in [6.45, 7) is 0.139. The molecule has 0 spiro atoms. The molecule has 3 aromatic carbocycles. The minimum Gasteiger partial charge on any atom is -0.495 e. The number of methoxy groups -OCH3 is 1. The van der Waals surface area contributed by atoms with Crippen LogP contribution in [0.1, 0.15) is 26.3 Å². The minimum absolute atomic E-state index is 0.0268. The van der Waals surface area contributed by atoms with Crippen molar-refractivity contribution in [2.75, 3.05) is 14.2 Å². The fraction of sp³-hybridized carbons (Fsp3) is 0.130. The molecule has 0 unspecified atom stereocenters. The molecular weight excluding hydrogens is 466 g/mol. The van der Waals surface area contributed by atoms with Crippen LogP contribution in [0.25, 0.3) is 0 Å². The van der Waals surface area contributed by atoms with Crippen LogP contribution in [0.3, 0.4) is 0 Å². The highest BCUT2D eigenvalue weighted by Crippen LogP contribution is 2.28. The maximum absolute atomic E-state index is 13.2. The molecule has 10 heteroatoms. The first-order valence-corrected chi connectivity index (χ1v) is 11.6. The van der Waals surface area contributed by atoms with Crippen LogP contribution < -0.4 is 15.6 Å². The molecule has 8 nitrogen and oxygen atoms in total. The van der Waals surface area contributed by atoms with Crippen LogP contribution in [0.15, 0.2) is 77.7 Å². The van der Waals surface area contributed by atoms with Crippen molar-refractivity contribution in [3.05, 3.63) is 94.5 Å². The number of ether oxygens (including phenoxy) is 1. The molecule has 3 aromatic rings. The third-order valence-electron chi connectivity index (χ3n) is 4.76. The minimum atomic E-state index is -3.99. The number of hydrazine groups is 1. The Hall–Kier alpha value is -3.40. The lowest BCUT2D eigenvalue weighted by Crippen LogP contribution is -2.41. The van der Waals surface area contributed by atoms with Gasteiger partial charge in [-0.05, 0) is 48.0 Å². The third-order valence-corrected chi connectivity index (χ3v) is 6.83. The quantitative estimate of drug-likeness (QED) is 0.498. The van der Waals surface area contributed by atoms with E-state index in [0.717, 1.165) is 5.56 Å². The van der Waals surface area contributed by atoms with Crippen molar-refractivity contribution >= 4 is 33.4 Å². The van der Waals surface area contributed by atoms with Crippen LogP contribution in [-0.4, -0.2) is 38.7 Å². The van der Waals surface area contributed by atoms with Crippen molar-refractivity contribution in [1.82, 2.24) is 15.2 Å². The Balaban J connectivity index is 1.78. The number of carbonyl (C=O) groups excluding carboxylic acids is 2. The summed E-state index contributed by atoms with van der Waals surface area (Å²) in [7, 11) is -1.20. The van der Waals surface area contributed by atoms with Crippen molar-refractivity contribution in [1.29, 1.82) is 0 Å². The maximum Gasteiger partial charge on any atom is 0.269 e. The summed E-state index contributed by atoms with van der Waals surface area (Å²) in [5.74, 6) is -1.15. The first kappa shape index (κ1) is 24.2. The zero-order valence-electron chi connectivity index (χ0n) is 17.9. The zero-order chi connectivity index (χ0) is 24.0. The summed E-state index contributed by atoms with van der Waals surface area (Å²) in [6.07, 6.45) is 0. The number of hydrogen-bond donors (Lipinski definition) is 2. The van der Waals surface area contributed by atoms with E-state index < -0.39 is 21.8 Å². The molecule has 2 amide bonds. The molecule has 0 radical (unpaired) electrons. The van der Waals surface area contributed by atoms with Gasteiger partial charge in [-0.1, -0.05) is 41.9 Å². The predicted molar refractivity (Wildman–Crippen MR) is 124 cm³/mol. The number of carbonyl (C=O) groups is 2. The fourth-order valence-electron chi connectivity index (χ4n) is 2.97. The van der Waals surface area contributed by atoms with Gasteiger partial charge in [-0.25, -0.2) is 8.42 Å². The predicted octanol–water partition coefficient (Wildman–Crippen LogP) is 3.24. The number of halogens is 1. The molecule has 0 saturated heterocycles. The van der Waals surface area contributed by atoms with Crippen LogP contribution >= 0.6 is 11.6 Å². The average molecular weight is 488 g/mol. The van der Waals surface area contributed by atoms with Crippen LogP contribution in [0.4, 0.5) is 0 Å². The highest BCUT2D eigenvalue weighted by molar-refractivity contribution is 7.89. The summed E-state index contributed by atoms with van der Waals surface area (Å²) in [4.78, 5) is 24.6. The van der Waals surface area contributed by atoms with E-state index >= 15 is 0 Å². The van der Waals surface area contributed by atoms with Gasteiger partial charge in [0.25, 0.3) is 11.8 Å². The zero-order valence-corrected chi connectivity index (χ0v) is 19.5. The molecule has 0 fully saturated rings. The van der Waals surface area contributed by atoms with E-state index in [2.05, 4.69) is 10.9 Å². The lowest BCUT2D eigenvalue weighted by molar-refractivity contribution is 0.0846. The van der Waals surface area contributed by atoms with Crippen molar-refractivity contribution in [3.8, 4) is 5.75 Å². The Labute approximate surface area is 197 Å². The van der Waals surface area contributed by atoms with E-state index in [9.17, 15) is 18.0 Å². The van der Waals surface area contributed by atoms with Crippen LogP contribution in [0, 0.1) is 0 Å². The molecule has 33 heavy (non-hydrogen) atoms. The number of sulfonamides is 1. The SMILES string of the molecule is COc1ccc(C(=O)NNC(=O)c2ccc(Cl)cc2)cc1S(=O)(=O)N(C)Cc1ccccc1. The lowest BCUT2D eigenvalue weighted by Gasteiger charge is -2.19. The van der Waals surface area contributed by atoms with Crippen molar-refractivity contribution in [3.63, 3.8) is 0 Å². The average Bonchev–Trinajstić information content (AvgIpc) is 2.82. The molecule has 3 rings (SSSR count). The van der Waals surface area contributed by atoms with E-state index in [0.29, 0.717) is 10.6 Å². The Kier molecular flexibility index (Phi) is 7.70. The van der Waals surface area contributed by atoms with Gasteiger partial charge in [-0.15, -0.1) is 0 Å². The number of nitrogens with one attached hydrogen (secondary N) is 2. The first-order chi connectivity index (χ1) is 15.7. The second kappa shape index (κ2) is 10.5. The van der Waals surface area contributed by atoms with E-state index in [1.165, 1.54) is 48.8 Å². The molecule has 172 valence electrons. The normalized spacial score (nSPS) is 11.2. The van der Waals surface area contributed by atoms with E-state index in [1.54, 1.807) is 12.1 Å². The van der Waals surface area contributed by atoms with Crippen LogP contribution in [0.2, 0.25) is 5.02 Å². The molecular formula is C23H22ClN3O5S. The number of hydrogen-bond acceptors (Lipinski definition) is 5. The van der Waals surface area contributed by atoms with Gasteiger partial charge in [-0.2, -0.15) is 4.31 Å². The molecule has 0 aliphatic heterocycles. The Bertz CT molecular complexity index is 1250. The summed E-state index contributed by atoms with van der Waals surface area (Å²) in [6, 6.07) is 19.2. The van der Waals surface area contributed by atoms with Crippen molar-refractivity contribution < 1.29 is 22.7 Å². The van der Waals surface area contributed by atoms with Gasteiger partial charge in [-0.3, -0.25) is 20.4 Å². The number of nitrogens with zero attached hydrogens (tertiary/aromatic N) is 1. The molecule has 0 atom stereocenters. The number of amides is 2. The summed E-state index contributed by atoms with van der Waals surface area (Å²) >= 11 is 5.80. The molecule has 2 N–H and O–H groups in total. The number of rotatable bonds is 7. The van der Waals surface area contributed by atoms with Gasteiger partial charge >= 0.3 is 0 Å². The molecule has 0 bridgehead atoms. The molecule has 0 heterocycles. The van der Waals surface area contributed by atoms with E-state index in [1.807, 2.05) is 30.3 Å². The molecule has 0 saturated carbocycles. The standard InChI is InChI=1S/C23H22ClN3O5S/c1-27(15-16-6-4-3-5-7-16)33(30,31)21-14-18(10-13-20(21)32-2)23(29)26-25-22(28)17-8-11-19(24)12-9-17/h3-14H,15H2,1-2H3,(H,25,28)(H,26,29). The Morgan fingerprint density at radius 1 is 0.909 bits per heavy atom. The van der Waals surface area contributed by atoms with Crippen LogP contribution in [-0.2, 0) is 16.6 Å². The monoisotopic (exact) mass is 487 g/mol. The second-order valence-corrected chi connectivity index (χ2v) is 9.48. The van der Waals surface area contributed by atoms with Gasteiger partial charge in [0.15, 0.2) is 0 Å². The van der Waals surface area contributed by atoms with Gasteiger partial charge in [0, 0.05) is 29.7 Å². The van der Waals surface area contributed by atoms with Crippen LogP contribution in [0.5, 0.6) is 5.75 Å². The maximum atomic E-state index is 13.2. The number of benzene rings is 3. The van der Waals surface area contributed by atoms with Gasteiger partial charge in [0.05, 0.1) is 7.11 Å². The topological polar surface area (TPSA) is 105 Å².